The van der Waals surface area contributed by atoms with Crippen molar-refractivity contribution in [2.75, 3.05) is 0 Å². The smallest absolute Gasteiger partial charge is 0.241 e. The summed E-state index contributed by atoms with van der Waals surface area (Å²) in [5.74, 6) is 0.865. The van der Waals surface area contributed by atoms with Crippen LogP contribution in [-0.4, -0.2) is 18.6 Å². The van der Waals surface area contributed by atoms with Gasteiger partial charge in [0.15, 0.2) is 0 Å². The van der Waals surface area contributed by atoms with Crippen LogP contribution < -0.4 is 4.72 Å². The lowest BCUT2D eigenvalue weighted by atomic mass is 10.2. The molecule has 0 saturated carbocycles. The molecule has 0 spiro atoms. The van der Waals surface area contributed by atoms with Crippen LogP contribution in [0.25, 0.3) is 0 Å². The number of hydrogen-bond donors (Lipinski definition) is 1. The number of nitrogens with zero attached hydrogens (tertiary/aromatic N) is 2. The van der Waals surface area contributed by atoms with Gasteiger partial charge in [0, 0.05) is 5.92 Å². The number of aryl methyl sites for hydroxylation is 1. The quantitative estimate of drug-likeness (QED) is 0.911. The first-order chi connectivity index (χ1) is 9.38. The molecule has 2 aromatic rings. The van der Waals surface area contributed by atoms with E-state index in [9.17, 15) is 8.42 Å². The van der Waals surface area contributed by atoms with E-state index < -0.39 is 10.0 Å². The second-order valence-electron chi connectivity index (χ2n) is 4.83. The topological polar surface area (TPSA) is 85.1 Å². The molecule has 7 heteroatoms. The van der Waals surface area contributed by atoms with Crippen molar-refractivity contribution in [1.29, 1.82) is 0 Å². The fourth-order valence-electron chi connectivity index (χ4n) is 1.53. The van der Waals surface area contributed by atoms with Crippen LogP contribution in [0, 0.1) is 6.92 Å². The minimum absolute atomic E-state index is 0.0179. The summed E-state index contributed by atoms with van der Waals surface area (Å²) in [6.45, 7) is 5.73. The van der Waals surface area contributed by atoms with Gasteiger partial charge in [-0.05, 0) is 19.1 Å². The SMILES string of the molecule is Cc1ccc(S(=O)(=O)NCc2nnc(C(C)C)o2)cc1. The monoisotopic (exact) mass is 295 g/mol. The van der Waals surface area contributed by atoms with Crippen molar-refractivity contribution < 1.29 is 12.8 Å². The maximum Gasteiger partial charge on any atom is 0.241 e. The van der Waals surface area contributed by atoms with Crippen LogP contribution >= 0.6 is 0 Å². The van der Waals surface area contributed by atoms with Crippen LogP contribution in [0.5, 0.6) is 0 Å². The van der Waals surface area contributed by atoms with Gasteiger partial charge >= 0.3 is 0 Å². The molecule has 20 heavy (non-hydrogen) atoms. The van der Waals surface area contributed by atoms with Gasteiger partial charge in [-0.25, -0.2) is 13.1 Å². The number of aromatic nitrogens is 2. The van der Waals surface area contributed by atoms with Gasteiger partial charge in [0.1, 0.15) is 0 Å². The molecule has 1 heterocycles. The van der Waals surface area contributed by atoms with Crippen LogP contribution in [0.15, 0.2) is 33.6 Å². The summed E-state index contributed by atoms with van der Waals surface area (Å²) < 4.78 is 31.9. The van der Waals surface area contributed by atoms with Crippen LogP contribution in [-0.2, 0) is 16.6 Å². The molecule has 0 amide bonds. The first-order valence-electron chi connectivity index (χ1n) is 6.27. The molecule has 2 rings (SSSR count). The zero-order valence-electron chi connectivity index (χ0n) is 11.6. The van der Waals surface area contributed by atoms with Crippen molar-refractivity contribution in [3.05, 3.63) is 41.6 Å². The van der Waals surface area contributed by atoms with Gasteiger partial charge in [-0.1, -0.05) is 31.5 Å². The Hall–Kier alpha value is -1.73. The molecular weight excluding hydrogens is 278 g/mol. The van der Waals surface area contributed by atoms with Gasteiger partial charge in [-0.15, -0.1) is 10.2 Å². The number of rotatable bonds is 5. The summed E-state index contributed by atoms with van der Waals surface area (Å²) in [5, 5.41) is 7.65. The Bertz CT molecular complexity index is 675. The van der Waals surface area contributed by atoms with Crippen LogP contribution in [0.1, 0.15) is 37.1 Å². The summed E-state index contributed by atoms with van der Waals surface area (Å²) in [6, 6.07) is 6.62. The third-order valence-corrected chi connectivity index (χ3v) is 4.14. The molecule has 0 bridgehead atoms. The molecule has 0 aliphatic carbocycles. The maximum atomic E-state index is 12.1. The van der Waals surface area contributed by atoms with E-state index in [0.717, 1.165) is 5.56 Å². The molecule has 0 aliphatic heterocycles. The normalized spacial score (nSPS) is 12.0. The molecule has 0 fully saturated rings. The molecule has 0 atom stereocenters. The molecule has 1 N–H and O–H groups in total. The number of nitrogens with one attached hydrogen (secondary N) is 1. The minimum atomic E-state index is -3.56. The average Bonchev–Trinajstić information content (AvgIpc) is 2.86. The predicted octanol–water partition coefficient (Wildman–Crippen LogP) is 1.98. The zero-order chi connectivity index (χ0) is 14.8. The van der Waals surface area contributed by atoms with Crippen LogP contribution in [0.4, 0.5) is 0 Å². The number of sulfonamides is 1. The maximum absolute atomic E-state index is 12.1. The average molecular weight is 295 g/mol. The Morgan fingerprint density at radius 2 is 1.85 bits per heavy atom. The van der Waals surface area contributed by atoms with Gasteiger partial charge in [0.05, 0.1) is 11.4 Å². The molecule has 0 saturated heterocycles. The summed E-state index contributed by atoms with van der Waals surface area (Å²) in [5.41, 5.74) is 1.00. The molecule has 0 radical (unpaired) electrons. The van der Waals surface area contributed by atoms with Gasteiger partial charge < -0.3 is 4.42 Å². The van der Waals surface area contributed by atoms with E-state index in [0.29, 0.717) is 5.89 Å². The summed E-state index contributed by atoms with van der Waals surface area (Å²) in [6.07, 6.45) is 0. The van der Waals surface area contributed by atoms with E-state index in [2.05, 4.69) is 14.9 Å². The highest BCUT2D eigenvalue weighted by molar-refractivity contribution is 7.89. The second-order valence-corrected chi connectivity index (χ2v) is 6.59. The van der Waals surface area contributed by atoms with Gasteiger partial charge in [0.25, 0.3) is 0 Å². The fraction of sp³-hybridized carbons (Fsp3) is 0.385. The molecule has 0 aliphatic rings. The van der Waals surface area contributed by atoms with Crippen molar-refractivity contribution >= 4 is 10.0 Å². The Balaban J connectivity index is 2.07. The third-order valence-electron chi connectivity index (χ3n) is 2.72. The lowest BCUT2D eigenvalue weighted by Crippen LogP contribution is -2.23. The predicted molar refractivity (Wildman–Crippen MR) is 73.6 cm³/mol. The zero-order valence-corrected chi connectivity index (χ0v) is 12.4. The lowest BCUT2D eigenvalue weighted by molar-refractivity contribution is 0.427. The van der Waals surface area contributed by atoms with Crippen LogP contribution in [0.3, 0.4) is 0 Å². The lowest BCUT2D eigenvalue weighted by Gasteiger charge is -2.04. The largest absolute Gasteiger partial charge is 0.424 e. The van der Waals surface area contributed by atoms with Crippen LogP contribution in [0.2, 0.25) is 0 Å². The number of benzene rings is 1. The highest BCUT2D eigenvalue weighted by atomic mass is 32.2. The second kappa shape index (κ2) is 5.72. The van der Waals surface area contributed by atoms with E-state index in [4.69, 9.17) is 4.42 Å². The first-order valence-corrected chi connectivity index (χ1v) is 7.75. The molecule has 108 valence electrons. The highest BCUT2D eigenvalue weighted by Gasteiger charge is 2.16. The Kier molecular flexibility index (Phi) is 4.20. The Morgan fingerprint density at radius 3 is 2.40 bits per heavy atom. The standard InChI is InChI=1S/C13H17N3O3S/c1-9(2)13-16-15-12(19-13)8-14-20(17,18)11-6-4-10(3)5-7-11/h4-7,9,14H,8H2,1-3H3. The van der Waals surface area contributed by atoms with Crippen molar-refractivity contribution in [2.24, 2.45) is 0 Å². The highest BCUT2D eigenvalue weighted by Crippen LogP contribution is 2.13. The summed E-state index contributed by atoms with van der Waals surface area (Å²) in [7, 11) is -3.56. The molecule has 1 aromatic heterocycles. The van der Waals surface area contributed by atoms with E-state index in [1.54, 1.807) is 24.3 Å². The molecule has 0 unspecified atom stereocenters. The van der Waals surface area contributed by atoms with Crippen molar-refractivity contribution in [2.45, 2.75) is 38.1 Å². The summed E-state index contributed by atoms with van der Waals surface area (Å²) >= 11 is 0. The van der Waals surface area contributed by atoms with Crippen molar-refractivity contribution in [3.63, 3.8) is 0 Å². The van der Waals surface area contributed by atoms with Crippen molar-refractivity contribution in [1.82, 2.24) is 14.9 Å². The molecule has 6 nitrogen and oxygen atoms in total. The third kappa shape index (κ3) is 3.43. The molecular formula is C13H17N3O3S. The number of hydrogen-bond acceptors (Lipinski definition) is 5. The Morgan fingerprint density at radius 1 is 1.20 bits per heavy atom. The van der Waals surface area contributed by atoms with Gasteiger partial charge in [0.2, 0.25) is 21.8 Å². The molecule has 1 aromatic carbocycles. The van der Waals surface area contributed by atoms with E-state index in [1.807, 2.05) is 20.8 Å². The Labute approximate surface area is 118 Å². The van der Waals surface area contributed by atoms with Gasteiger partial charge in [-0.2, -0.15) is 0 Å². The van der Waals surface area contributed by atoms with Crippen molar-refractivity contribution in [3.8, 4) is 0 Å². The minimum Gasteiger partial charge on any atom is -0.424 e. The van der Waals surface area contributed by atoms with E-state index in [-0.39, 0.29) is 23.2 Å². The van der Waals surface area contributed by atoms with Gasteiger partial charge in [-0.3, -0.25) is 0 Å². The first kappa shape index (κ1) is 14.7. The summed E-state index contributed by atoms with van der Waals surface area (Å²) in [4.78, 5) is 0.215. The fourth-order valence-corrected chi connectivity index (χ4v) is 2.50. The van der Waals surface area contributed by atoms with E-state index >= 15 is 0 Å². The van der Waals surface area contributed by atoms with E-state index in [1.165, 1.54) is 0 Å².